The molecule has 1 fully saturated rings. The molecule has 1 aliphatic rings. The van der Waals surface area contributed by atoms with E-state index in [2.05, 4.69) is 9.78 Å². The summed E-state index contributed by atoms with van der Waals surface area (Å²) in [5.74, 6) is 0. The van der Waals surface area contributed by atoms with E-state index in [9.17, 15) is 0 Å². The minimum Gasteiger partial charge on any atom is -0.366 e. The van der Waals surface area contributed by atoms with E-state index in [0.717, 1.165) is 0 Å². The van der Waals surface area contributed by atoms with Gasteiger partial charge in [-0.3, -0.25) is 0 Å². The average molecular weight is 120 g/mol. The number of hydrogen-bond acceptors (Lipinski definition) is 4. The van der Waals surface area contributed by atoms with Gasteiger partial charge in [-0.1, -0.05) is 0 Å². The monoisotopic (exact) mass is 120 g/mol. The summed E-state index contributed by atoms with van der Waals surface area (Å²) in [5.41, 5.74) is 0. The van der Waals surface area contributed by atoms with Crippen LogP contribution in [0, 0.1) is 0 Å². The second-order valence-corrected chi connectivity index (χ2v) is 1.66. The van der Waals surface area contributed by atoms with E-state index in [1.165, 1.54) is 0 Å². The van der Waals surface area contributed by atoms with Crippen LogP contribution in [0.1, 0.15) is 6.42 Å². The number of hydrogen-bond donors (Lipinski definition) is 2. The number of aliphatic hydroxyl groups is 2. The molecule has 48 valence electrons. The molecule has 1 unspecified atom stereocenters. The second-order valence-electron chi connectivity index (χ2n) is 1.66. The lowest BCUT2D eigenvalue weighted by atomic mass is 10.3. The maximum absolute atomic E-state index is 8.40. The van der Waals surface area contributed by atoms with Crippen molar-refractivity contribution in [3.05, 3.63) is 0 Å². The predicted octanol–water partition coefficient (Wildman–Crippen LogP) is -0.982. The molecule has 0 aromatic carbocycles. The van der Waals surface area contributed by atoms with Gasteiger partial charge < -0.3 is 10.2 Å². The van der Waals surface area contributed by atoms with Crippen LogP contribution in [0.25, 0.3) is 0 Å². The lowest BCUT2D eigenvalue weighted by molar-refractivity contribution is -0.307. The highest BCUT2D eigenvalue weighted by atomic mass is 17.2. The van der Waals surface area contributed by atoms with Crippen LogP contribution in [0.2, 0.25) is 0 Å². The van der Waals surface area contributed by atoms with Gasteiger partial charge in [-0.2, -0.15) is 0 Å². The van der Waals surface area contributed by atoms with Crippen LogP contribution >= 0.6 is 0 Å². The van der Waals surface area contributed by atoms with E-state index in [0.29, 0.717) is 13.0 Å². The minimum atomic E-state index is -1.41. The lowest BCUT2D eigenvalue weighted by Crippen LogP contribution is -2.23. The summed E-state index contributed by atoms with van der Waals surface area (Å²) in [5, 5.41) is 16.8. The summed E-state index contributed by atoms with van der Waals surface area (Å²) in [6, 6.07) is 0. The van der Waals surface area contributed by atoms with Crippen LogP contribution in [-0.2, 0) is 9.78 Å². The molecule has 1 atom stereocenters. The quantitative estimate of drug-likeness (QED) is 0.345. The third-order valence-electron chi connectivity index (χ3n) is 1.01. The molecule has 0 spiro atoms. The molecule has 0 aromatic rings. The predicted molar refractivity (Wildman–Crippen MR) is 23.7 cm³/mol. The van der Waals surface area contributed by atoms with Crippen molar-refractivity contribution >= 4 is 0 Å². The fraction of sp³-hybridized carbons (Fsp3) is 1.00. The van der Waals surface area contributed by atoms with Gasteiger partial charge in [0.25, 0.3) is 0 Å². The minimum absolute atomic E-state index is 0.447. The maximum Gasteiger partial charge on any atom is 0.181 e. The molecule has 8 heavy (non-hydrogen) atoms. The van der Waals surface area contributed by atoms with Crippen molar-refractivity contribution in [2.75, 3.05) is 6.61 Å². The molecule has 0 radical (unpaired) electrons. The summed E-state index contributed by atoms with van der Waals surface area (Å²) < 4.78 is 0. The zero-order valence-corrected chi connectivity index (χ0v) is 4.28. The van der Waals surface area contributed by atoms with E-state index in [-0.39, 0.29) is 0 Å². The average Bonchev–Trinajstić information content (AvgIpc) is 2.12. The Hall–Kier alpha value is -0.160. The summed E-state index contributed by atoms with van der Waals surface area (Å²) in [6.07, 6.45) is -1.40. The molecule has 0 amide bonds. The van der Waals surface area contributed by atoms with Crippen LogP contribution in [-0.4, -0.2) is 29.2 Å². The van der Waals surface area contributed by atoms with Crippen molar-refractivity contribution in [3.63, 3.8) is 0 Å². The Morgan fingerprint density at radius 2 is 2.25 bits per heavy atom. The first-order valence-corrected chi connectivity index (χ1v) is 2.45. The molecule has 1 aliphatic heterocycles. The van der Waals surface area contributed by atoms with Gasteiger partial charge in [0.15, 0.2) is 6.29 Å². The van der Waals surface area contributed by atoms with Gasteiger partial charge in [0.1, 0.15) is 6.10 Å². The Bertz CT molecular complexity index is 66.4. The Labute approximate surface area is 46.6 Å². The van der Waals surface area contributed by atoms with Crippen LogP contribution in [0.4, 0.5) is 0 Å². The van der Waals surface area contributed by atoms with Gasteiger partial charge in [-0.15, -0.1) is 0 Å². The normalized spacial score (nSPS) is 29.6. The van der Waals surface area contributed by atoms with Crippen molar-refractivity contribution < 1.29 is 20.0 Å². The fourth-order valence-corrected chi connectivity index (χ4v) is 0.547. The summed E-state index contributed by atoms with van der Waals surface area (Å²) in [7, 11) is 0. The molecule has 1 rings (SSSR count). The van der Waals surface area contributed by atoms with Crippen molar-refractivity contribution in [2.45, 2.75) is 18.8 Å². The van der Waals surface area contributed by atoms with Gasteiger partial charge in [0.2, 0.25) is 0 Å². The number of aliphatic hydroxyl groups excluding tert-OH is 1. The molecule has 4 heteroatoms. The van der Waals surface area contributed by atoms with Gasteiger partial charge in [0, 0.05) is 6.42 Å². The molecule has 0 aromatic heterocycles. The third kappa shape index (κ3) is 1.16. The molecule has 0 saturated carbocycles. The summed E-state index contributed by atoms with van der Waals surface area (Å²) in [6.45, 7) is 0.447. The van der Waals surface area contributed by atoms with Gasteiger partial charge >= 0.3 is 0 Å². The summed E-state index contributed by atoms with van der Waals surface area (Å²) in [4.78, 5) is 8.81. The van der Waals surface area contributed by atoms with Crippen molar-refractivity contribution in [2.24, 2.45) is 0 Å². The molecule has 1 saturated heterocycles. The standard InChI is InChI=1S/C4H8O4/c5-4(6)3-1-2-7-8-3/h3-6H,1-2H2. The molecular formula is C4H8O4. The maximum atomic E-state index is 8.40. The smallest absolute Gasteiger partial charge is 0.181 e. The van der Waals surface area contributed by atoms with Crippen LogP contribution in [0.15, 0.2) is 0 Å². The fourth-order valence-electron chi connectivity index (χ4n) is 0.547. The first-order chi connectivity index (χ1) is 3.80. The first-order valence-electron chi connectivity index (χ1n) is 2.45. The first kappa shape index (κ1) is 5.97. The zero-order chi connectivity index (χ0) is 5.98. The molecule has 0 bridgehead atoms. The van der Waals surface area contributed by atoms with E-state index in [1.54, 1.807) is 0 Å². The Morgan fingerprint density at radius 1 is 1.50 bits per heavy atom. The highest BCUT2D eigenvalue weighted by molar-refractivity contribution is 4.59. The highest BCUT2D eigenvalue weighted by Crippen LogP contribution is 2.10. The SMILES string of the molecule is OC(O)C1CCOO1. The third-order valence-corrected chi connectivity index (χ3v) is 1.01. The van der Waals surface area contributed by atoms with E-state index >= 15 is 0 Å². The van der Waals surface area contributed by atoms with E-state index in [1.807, 2.05) is 0 Å². The van der Waals surface area contributed by atoms with E-state index in [4.69, 9.17) is 10.2 Å². The van der Waals surface area contributed by atoms with Gasteiger partial charge in [-0.25, -0.2) is 9.78 Å². The molecular weight excluding hydrogens is 112 g/mol. The largest absolute Gasteiger partial charge is 0.366 e. The van der Waals surface area contributed by atoms with Gasteiger partial charge in [0.05, 0.1) is 6.61 Å². The highest BCUT2D eigenvalue weighted by Gasteiger charge is 2.23. The Morgan fingerprint density at radius 3 is 2.50 bits per heavy atom. The second kappa shape index (κ2) is 2.41. The van der Waals surface area contributed by atoms with Crippen LogP contribution in [0.3, 0.4) is 0 Å². The molecule has 4 nitrogen and oxygen atoms in total. The molecule has 1 heterocycles. The Balaban J connectivity index is 2.24. The number of rotatable bonds is 1. The molecule has 0 aliphatic carbocycles. The summed E-state index contributed by atoms with van der Waals surface area (Å²) >= 11 is 0. The lowest BCUT2D eigenvalue weighted by Gasteiger charge is -2.06. The molecule has 2 N–H and O–H groups in total. The topological polar surface area (TPSA) is 58.9 Å². The Kier molecular flexibility index (Phi) is 1.80. The van der Waals surface area contributed by atoms with Crippen molar-refractivity contribution in [1.29, 1.82) is 0 Å². The van der Waals surface area contributed by atoms with Crippen molar-refractivity contribution in [3.8, 4) is 0 Å². The van der Waals surface area contributed by atoms with Gasteiger partial charge in [-0.05, 0) is 0 Å². The van der Waals surface area contributed by atoms with E-state index < -0.39 is 12.4 Å². The van der Waals surface area contributed by atoms with Crippen LogP contribution < -0.4 is 0 Å². The zero-order valence-electron chi connectivity index (χ0n) is 4.28. The van der Waals surface area contributed by atoms with Crippen LogP contribution in [0.5, 0.6) is 0 Å². The van der Waals surface area contributed by atoms with Crippen molar-refractivity contribution in [1.82, 2.24) is 0 Å².